The number of rotatable bonds is 3. The standard InChI is InChI=1S/C10H20ClNO/c1-6-7(2)8(11)9(13)12-10(3,4)5/h7-8H,6H2,1-5H3,(H,12,13). The first kappa shape index (κ1) is 12.8. The van der Waals surface area contributed by atoms with Crippen molar-refractivity contribution in [3.05, 3.63) is 0 Å². The molecule has 0 aliphatic carbocycles. The molecule has 0 saturated heterocycles. The summed E-state index contributed by atoms with van der Waals surface area (Å²) in [5, 5.41) is 2.45. The van der Waals surface area contributed by atoms with Crippen LogP contribution in [0, 0.1) is 5.92 Å². The van der Waals surface area contributed by atoms with Crippen LogP contribution in [-0.2, 0) is 4.79 Å². The normalized spacial score (nSPS) is 16.5. The van der Waals surface area contributed by atoms with Crippen molar-refractivity contribution in [1.29, 1.82) is 0 Å². The minimum Gasteiger partial charge on any atom is -0.350 e. The number of carbonyl (C=O) groups excluding carboxylic acids is 1. The maximum absolute atomic E-state index is 11.5. The fourth-order valence-corrected chi connectivity index (χ4v) is 1.14. The zero-order chi connectivity index (χ0) is 10.6. The molecule has 0 bridgehead atoms. The van der Waals surface area contributed by atoms with Crippen molar-refractivity contribution in [2.75, 3.05) is 0 Å². The molecule has 0 aromatic heterocycles. The van der Waals surface area contributed by atoms with Gasteiger partial charge in [-0.05, 0) is 26.7 Å². The van der Waals surface area contributed by atoms with Gasteiger partial charge in [-0.3, -0.25) is 4.79 Å². The lowest BCUT2D eigenvalue weighted by atomic mass is 10.0. The van der Waals surface area contributed by atoms with Crippen LogP contribution in [0.15, 0.2) is 0 Å². The van der Waals surface area contributed by atoms with E-state index in [-0.39, 0.29) is 17.4 Å². The number of amides is 1. The Balaban J connectivity index is 4.12. The maximum atomic E-state index is 11.5. The predicted molar refractivity (Wildman–Crippen MR) is 57.0 cm³/mol. The first-order chi connectivity index (χ1) is 5.78. The van der Waals surface area contributed by atoms with Crippen LogP contribution in [0.3, 0.4) is 0 Å². The third-order valence-electron chi connectivity index (χ3n) is 1.89. The molecule has 0 aliphatic rings. The third kappa shape index (κ3) is 5.14. The van der Waals surface area contributed by atoms with Crippen molar-refractivity contribution in [1.82, 2.24) is 5.32 Å². The van der Waals surface area contributed by atoms with Crippen molar-refractivity contribution < 1.29 is 4.79 Å². The van der Waals surface area contributed by atoms with Gasteiger partial charge in [-0.2, -0.15) is 0 Å². The molecule has 0 heterocycles. The van der Waals surface area contributed by atoms with E-state index in [9.17, 15) is 4.79 Å². The molecule has 13 heavy (non-hydrogen) atoms. The van der Waals surface area contributed by atoms with E-state index in [1.54, 1.807) is 0 Å². The Morgan fingerprint density at radius 3 is 2.23 bits per heavy atom. The van der Waals surface area contributed by atoms with Crippen molar-refractivity contribution in [3.63, 3.8) is 0 Å². The summed E-state index contributed by atoms with van der Waals surface area (Å²) in [4.78, 5) is 11.5. The molecule has 0 saturated carbocycles. The third-order valence-corrected chi connectivity index (χ3v) is 2.52. The lowest BCUT2D eigenvalue weighted by molar-refractivity contribution is -0.122. The molecule has 2 nitrogen and oxygen atoms in total. The number of carbonyl (C=O) groups is 1. The molecule has 0 spiro atoms. The van der Waals surface area contributed by atoms with Crippen molar-refractivity contribution in [3.8, 4) is 0 Å². The lowest BCUT2D eigenvalue weighted by Gasteiger charge is -2.24. The molecule has 78 valence electrons. The average Bonchev–Trinajstić information content (AvgIpc) is 1.98. The van der Waals surface area contributed by atoms with E-state index in [4.69, 9.17) is 11.6 Å². The average molecular weight is 206 g/mol. The molecule has 0 rings (SSSR count). The Labute approximate surface area is 86.0 Å². The number of alkyl halides is 1. The summed E-state index contributed by atoms with van der Waals surface area (Å²) in [5.41, 5.74) is -0.197. The first-order valence-electron chi connectivity index (χ1n) is 4.74. The molecule has 0 fully saturated rings. The van der Waals surface area contributed by atoms with Gasteiger partial charge in [0.2, 0.25) is 5.91 Å². The highest BCUT2D eigenvalue weighted by molar-refractivity contribution is 6.31. The summed E-state index contributed by atoms with van der Waals surface area (Å²) >= 11 is 5.98. The zero-order valence-corrected chi connectivity index (χ0v) is 9.90. The van der Waals surface area contributed by atoms with Crippen LogP contribution in [0.25, 0.3) is 0 Å². The SMILES string of the molecule is CCC(C)C(Cl)C(=O)NC(C)(C)C. The Hall–Kier alpha value is -0.240. The minimum atomic E-state index is -0.413. The fourth-order valence-electron chi connectivity index (χ4n) is 0.904. The molecule has 0 aromatic rings. The van der Waals surface area contributed by atoms with Crippen molar-refractivity contribution in [2.24, 2.45) is 5.92 Å². The van der Waals surface area contributed by atoms with Gasteiger partial charge in [-0.15, -0.1) is 11.6 Å². The van der Waals surface area contributed by atoms with Crippen molar-refractivity contribution >= 4 is 17.5 Å². The summed E-state index contributed by atoms with van der Waals surface area (Å²) in [6, 6.07) is 0. The summed E-state index contributed by atoms with van der Waals surface area (Å²) in [5.74, 6) is 0.160. The minimum absolute atomic E-state index is 0.0662. The second-order valence-corrected chi connectivity index (χ2v) is 5.00. The van der Waals surface area contributed by atoms with E-state index < -0.39 is 5.38 Å². The van der Waals surface area contributed by atoms with E-state index in [1.165, 1.54) is 0 Å². The molecule has 0 aliphatic heterocycles. The van der Waals surface area contributed by atoms with Gasteiger partial charge in [0.25, 0.3) is 0 Å². The first-order valence-corrected chi connectivity index (χ1v) is 5.17. The Kier molecular flexibility index (Phi) is 4.76. The van der Waals surface area contributed by atoms with Gasteiger partial charge >= 0.3 is 0 Å². The largest absolute Gasteiger partial charge is 0.350 e. The molecular weight excluding hydrogens is 186 g/mol. The van der Waals surface area contributed by atoms with Crippen molar-refractivity contribution in [2.45, 2.75) is 52.0 Å². The smallest absolute Gasteiger partial charge is 0.238 e. The van der Waals surface area contributed by atoms with Crippen LogP contribution in [-0.4, -0.2) is 16.8 Å². The van der Waals surface area contributed by atoms with E-state index in [0.29, 0.717) is 0 Å². The topological polar surface area (TPSA) is 29.1 Å². The van der Waals surface area contributed by atoms with Gasteiger partial charge in [0.1, 0.15) is 5.38 Å². The van der Waals surface area contributed by atoms with Gasteiger partial charge in [-0.25, -0.2) is 0 Å². The van der Waals surface area contributed by atoms with Crippen LogP contribution in [0.5, 0.6) is 0 Å². The second kappa shape index (κ2) is 4.85. The lowest BCUT2D eigenvalue weighted by Crippen LogP contribution is -2.45. The molecule has 3 heteroatoms. The highest BCUT2D eigenvalue weighted by atomic mass is 35.5. The number of hydrogen-bond donors (Lipinski definition) is 1. The van der Waals surface area contributed by atoms with Crippen LogP contribution < -0.4 is 5.32 Å². The summed E-state index contributed by atoms with van der Waals surface area (Å²) < 4.78 is 0. The molecule has 2 atom stereocenters. The van der Waals surface area contributed by atoms with Crippen LogP contribution >= 0.6 is 11.6 Å². The number of halogens is 1. The van der Waals surface area contributed by atoms with E-state index >= 15 is 0 Å². The summed E-state index contributed by atoms with van der Waals surface area (Å²) in [6.45, 7) is 9.87. The zero-order valence-electron chi connectivity index (χ0n) is 9.15. The highest BCUT2D eigenvalue weighted by Gasteiger charge is 2.24. The Morgan fingerprint density at radius 1 is 1.46 bits per heavy atom. The molecular formula is C10H20ClNO. The van der Waals surface area contributed by atoms with E-state index in [1.807, 2.05) is 34.6 Å². The van der Waals surface area contributed by atoms with Gasteiger partial charge in [0.15, 0.2) is 0 Å². The quantitative estimate of drug-likeness (QED) is 0.705. The van der Waals surface area contributed by atoms with Gasteiger partial charge in [-0.1, -0.05) is 20.3 Å². The van der Waals surface area contributed by atoms with Crippen LogP contribution in [0.4, 0.5) is 0 Å². The maximum Gasteiger partial charge on any atom is 0.238 e. The monoisotopic (exact) mass is 205 g/mol. The molecule has 1 N–H and O–H groups in total. The van der Waals surface area contributed by atoms with E-state index in [2.05, 4.69) is 5.32 Å². The number of hydrogen-bond acceptors (Lipinski definition) is 1. The Bertz CT molecular complexity index is 174. The van der Waals surface area contributed by atoms with Crippen LogP contribution in [0.1, 0.15) is 41.0 Å². The highest BCUT2D eigenvalue weighted by Crippen LogP contribution is 2.15. The Morgan fingerprint density at radius 2 is 1.92 bits per heavy atom. The van der Waals surface area contributed by atoms with Gasteiger partial charge in [0.05, 0.1) is 0 Å². The molecule has 1 amide bonds. The molecule has 0 aromatic carbocycles. The van der Waals surface area contributed by atoms with Crippen LogP contribution in [0.2, 0.25) is 0 Å². The molecule has 0 radical (unpaired) electrons. The number of nitrogens with one attached hydrogen (secondary N) is 1. The van der Waals surface area contributed by atoms with Gasteiger partial charge < -0.3 is 5.32 Å². The summed E-state index contributed by atoms with van der Waals surface area (Å²) in [6.07, 6.45) is 0.922. The summed E-state index contributed by atoms with van der Waals surface area (Å²) in [7, 11) is 0. The van der Waals surface area contributed by atoms with E-state index in [0.717, 1.165) is 6.42 Å². The predicted octanol–water partition coefficient (Wildman–Crippen LogP) is 2.55. The second-order valence-electron chi connectivity index (χ2n) is 4.53. The van der Waals surface area contributed by atoms with Gasteiger partial charge in [0, 0.05) is 5.54 Å². The fraction of sp³-hybridized carbons (Fsp3) is 0.900. The molecule has 2 unspecified atom stereocenters.